The Morgan fingerprint density at radius 1 is 0.425 bits per heavy atom. The summed E-state index contributed by atoms with van der Waals surface area (Å²) in [6, 6.07) is 50.9. The molecule has 0 saturated heterocycles. The van der Waals surface area contributed by atoms with Gasteiger partial charge >= 0.3 is 23.9 Å². The van der Waals surface area contributed by atoms with Gasteiger partial charge in [-0.15, -0.1) is 0 Å². The van der Waals surface area contributed by atoms with Crippen molar-refractivity contribution in [3.8, 4) is 23.0 Å². The summed E-state index contributed by atoms with van der Waals surface area (Å²) in [7, 11) is 6.05. The average molecular weight is 1000 g/mol. The quantitative estimate of drug-likeness (QED) is 0.0693. The van der Waals surface area contributed by atoms with Crippen molar-refractivity contribution in [2.75, 3.05) is 41.7 Å². The van der Waals surface area contributed by atoms with Crippen LogP contribution in [0, 0.1) is 0 Å². The van der Waals surface area contributed by atoms with Gasteiger partial charge in [-0.2, -0.15) is 0 Å². The van der Waals surface area contributed by atoms with Gasteiger partial charge in [0.2, 0.25) is 0 Å². The third-order valence-corrected chi connectivity index (χ3v) is 11.3. The molecule has 0 aliphatic heterocycles. The Hall–Kier alpha value is -7.16. The minimum atomic E-state index is -0.490. The molecule has 2 unspecified atom stereocenters. The molecule has 2 N–H and O–H groups in total. The maximum absolute atomic E-state index is 11.6. The molecule has 73 heavy (non-hydrogen) atoms. The highest BCUT2D eigenvalue weighted by Crippen LogP contribution is 2.38. The van der Waals surface area contributed by atoms with E-state index in [0.717, 1.165) is 33.6 Å². The lowest BCUT2D eigenvalue weighted by molar-refractivity contribution is -0.138. The zero-order valence-corrected chi connectivity index (χ0v) is 44.4. The van der Waals surface area contributed by atoms with Crippen molar-refractivity contribution >= 4 is 23.9 Å². The number of ether oxygens (including phenoxy) is 7. The highest BCUT2D eigenvalue weighted by molar-refractivity contribution is 5.71. The maximum Gasteiger partial charge on any atom is 0.308 e. The number of carbonyl (C=O) groups is 4. The predicted molar refractivity (Wildman–Crippen MR) is 284 cm³/mol. The molecule has 6 rings (SSSR count). The lowest BCUT2D eigenvalue weighted by atomic mass is 9.76. The smallest absolute Gasteiger partial charge is 0.308 e. The fraction of sp³-hybridized carbons (Fsp3) is 0.333. The van der Waals surface area contributed by atoms with Crippen molar-refractivity contribution in [1.82, 2.24) is 0 Å². The summed E-state index contributed by atoms with van der Waals surface area (Å²) < 4.78 is 35.8. The lowest BCUT2D eigenvalue weighted by Crippen LogP contribution is -2.23. The second kappa shape index (κ2) is 32.7. The van der Waals surface area contributed by atoms with E-state index in [-0.39, 0.29) is 30.6 Å². The van der Waals surface area contributed by atoms with E-state index in [1.807, 2.05) is 133 Å². The number of esters is 4. The van der Waals surface area contributed by atoms with E-state index in [1.165, 1.54) is 54.6 Å². The number of aliphatic hydroxyl groups excluding tert-OH is 2. The van der Waals surface area contributed by atoms with E-state index in [1.54, 1.807) is 19.2 Å². The summed E-state index contributed by atoms with van der Waals surface area (Å²) in [5, 5.41) is 19.2. The molecule has 0 saturated carbocycles. The molecule has 0 bridgehead atoms. The Labute approximate surface area is 432 Å². The SMILES string of the molecule is COC(C)=O.COC(CO)Cc1cc(C(C)(C)c2ccc(OC(C)=O)c(CC(CO)OC)c2)ccc1OC(C)=O.COc1ccc(C(C)(C)c2ccc(OC(C)=O)cc2)cc1.c1ccccc1.c1ccccc1. The zero-order valence-electron chi connectivity index (χ0n) is 44.4. The Morgan fingerprint density at radius 3 is 0.973 bits per heavy atom. The molecule has 13 heteroatoms. The van der Waals surface area contributed by atoms with E-state index in [2.05, 4.69) is 44.6 Å². The first-order valence-corrected chi connectivity index (χ1v) is 23.6. The molecule has 0 heterocycles. The molecule has 0 spiro atoms. The molecule has 0 fully saturated rings. The monoisotopic (exact) mass is 1000 g/mol. The average Bonchev–Trinajstić information content (AvgIpc) is 3.39. The Morgan fingerprint density at radius 2 is 0.712 bits per heavy atom. The van der Waals surface area contributed by atoms with Crippen LogP contribution >= 0.6 is 0 Å². The van der Waals surface area contributed by atoms with Gasteiger partial charge in [-0.1, -0.05) is 149 Å². The summed E-state index contributed by atoms with van der Waals surface area (Å²) in [6.07, 6.45) is -0.159. The van der Waals surface area contributed by atoms with Crippen LogP contribution in [0.3, 0.4) is 0 Å². The van der Waals surface area contributed by atoms with Gasteiger partial charge in [-0.25, -0.2) is 0 Å². The minimum Gasteiger partial charge on any atom is -0.497 e. The number of carbonyl (C=O) groups excluding carboxylic acids is 4. The normalized spacial score (nSPS) is 11.3. The van der Waals surface area contributed by atoms with Gasteiger partial charge in [0.25, 0.3) is 0 Å². The van der Waals surface area contributed by atoms with E-state index in [4.69, 9.17) is 28.4 Å². The predicted octanol–water partition coefficient (Wildman–Crippen LogP) is 10.5. The summed E-state index contributed by atoms with van der Waals surface area (Å²) in [4.78, 5) is 43.8. The van der Waals surface area contributed by atoms with Crippen LogP contribution in [0.2, 0.25) is 0 Å². The molecule has 13 nitrogen and oxygen atoms in total. The van der Waals surface area contributed by atoms with Crippen LogP contribution < -0.4 is 18.9 Å². The molecule has 392 valence electrons. The van der Waals surface area contributed by atoms with Crippen LogP contribution in [0.1, 0.15) is 88.8 Å². The first-order chi connectivity index (χ1) is 34.7. The second-order valence-electron chi connectivity index (χ2n) is 17.4. The van der Waals surface area contributed by atoms with Gasteiger partial charge in [0.05, 0.1) is 39.6 Å². The van der Waals surface area contributed by atoms with Crippen LogP contribution in [0.25, 0.3) is 0 Å². The topological polar surface area (TPSA) is 173 Å². The summed E-state index contributed by atoms with van der Waals surface area (Å²) in [5.74, 6) is 0.837. The number of methoxy groups -OCH3 is 4. The van der Waals surface area contributed by atoms with Crippen molar-refractivity contribution in [3.63, 3.8) is 0 Å². The lowest BCUT2D eigenvalue weighted by Gasteiger charge is -2.29. The van der Waals surface area contributed by atoms with Crippen molar-refractivity contribution < 1.29 is 62.5 Å². The zero-order chi connectivity index (χ0) is 54.4. The minimum absolute atomic E-state index is 0.138. The maximum atomic E-state index is 11.6. The Bertz CT molecular complexity index is 2350. The summed E-state index contributed by atoms with van der Waals surface area (Å²) in [5.41, 5.74) is 5.11. The first-order valence-electron chi connectivity index (χ1n) is 23.6. The standard InChI is InChI=1S/C27H36O8.C18H20O3.2C6H6.C3H6O2/c1-17(30)34-25-9-7-21(11-19(25)13-23(15-28)32-5)27(3,4)22-8-10-26(35-18(2)31)20(12-22)14-24(16-29)33-6;1-13(19)21-17-11-7-15(8-12-17)18(2,3)14-5-9-16(20-4)10-6-14;2*1-2-4-6-5-3-1;1-3(4)5-2/h7-12,23-24,28-29H,13-16H2,1-6H3;5-12H,1-4H3;2*1-6H;1-2H3. The molecule has 0 aliphatic carbocycles. The largest absolute Gasteiger partial charge is 0.497 e. The molecule has 0 amide bonds. The van der Waals surface area contributed by atoms with Crippen LogP contribution in [0.5, 0.6) is 23.0 Å². The summed E-state index contributed by atoms with van der Waals surface area (Å²) in [6.45, 7) is 13.5. The number of hydrogen-bond donors (Lipinski definition) is 2. The Kier molecular flexibility index (Phi) is 27.8. The third kappa shape index (κ3) is 22.4. The van der Waals surface area contributed by atoms with Crippen molar-refractivity contribution in [1.29, 1.82) is 0 Å². The van der Waals surface area contributed by atoms with Gasteiger partial charge in [-0.05, 0) is 69.8 Å². The molecule has 0 aromatic heterocycles. The van der Waals surface area contributed by atoms with E-state index >= 15 is 0 Å². The van der Waals surface area contributed by atoms with Crippen LogP contribution in [0.15, 0.2) is 158 Å². The fourth-order valence-corrected chi connectivity index (χ4v) is 6.92. The molecule has 0 radical (unpaired) electrons. The fourth-order valence-electron chi connectivity index (χ4n) is 6.92. The first kappa shape index (κ1) is 62.0. The van der Waals surface area contributed by atoms with Crippen molar-refractivity contribution in [2.24, 2.45) is 0 Å². The van der Waals surface area contributed by atoms with Gasteiger partial charge in [0.15, 0.2) is 0 Å². The second-order valence-corrected chi connectivity index (χ2v) is 17.4. The van der Waals surface area contributed by atoms with Gasteiger partial charge < -0.3 is 43.4 Å². The van der Waals surface area contributed by atoms with Crippen LogP contribution in [-0.2, 0) is 57.1 Å². The van der Waals surface area contributed by atoms with Crippen molar-refractivity contribution in [2.45, 2.75) is 91.3 Å². The number of benzene rings is 6. The molecular weight excluding hydrogens is 929 g/mol. The number of hydrogen-bond acceptors (Lipinski definition) is 13. The van der Waals surface area contributed by atoms with E-state index in [9.17, 15) is 29.4 Å². The van der Waals surface area contributed by atoms with Gasteiger partial charge in [0.1, 0.15) is 23.0 Å². The number of rotatable bonds is 16. The molecule has 6 aromatic carbocycles. The van der Waals surface area contributed by atoms with Crippen molar-refractivity contribution in [3.05, 3.63) is 191 Å². The summed E-state index contributed by atoms with van der Waals surface area (Å²) >= 11 is 0. The molecule has 6 aromatic rings. The molecule has 0 aliphatic rings. The third-order valence-electron chi connectivity index (χ3n) is 11.3. The highest BCUT2D eigenvalue weighted by Gasteiger charge is 2.27. The van der Waals surface area contributed by atoms with Gasteiger partial charge in [0, 0.05) is 65.6 Å². The van der Waals surface area contributed by atoms with E-state index < -0.39 is 29.6 Å². The molecule has 2 atom stereocenters. The van der Waals surface area contributed by atoms with Gasteiger partial charge in [-0.3, -0.25) is 19.2 Å². The van der Waals surface area contributed by atoms with Crippen LogP contribution in [-0.4, -0.2) is 88.0 Å². The van der Waals surface area contributed by atoms with E-state index in [0.29, 0.717) is 30.1 Å². The number of aliphatic hydroxyl groups is 2. The van der Waals surface area contributed by atoms with Crippen LogP contribution in [0.4, 0.5) is 0 Å². The Balaban J connectivity index is 0.000000397. The highest BCUT2D eigenvalue weighted by atomic mass is 16.5. The molecular formula is C60H74O13.